The van der Waals surface area contributed by atoms with Crippen molar-refractivity contribution < 1.29 is 28.9 Å². The predicted octanol–water partition coefficient (Wildman–Crippen LogP) is 4.33. The Balaban J connectivity index is 1.79. The fourth-order valence-corrected chi connectivity index (χ4v) is 4.84. The molecule has 7 nitrogen and oxygen atoms in total. The lowest BCUT2D eigenvalue weighted by Crippen LogP contribution is -2.36. The first-order chi connectivity index (χ1) is 16.4. The van der Waals surface area contributed by atoms with Crippen LogP contribution in [-0.4, -0.2) is 37.7 Å². The third-order valence-corrected chi connectivity index (χ3v) is 6.45. The van der Waals surface area contributed by atoms with Crippen LogP contribution in [0.2, 0.25) is 0 Å². The van der Waals surface area contributed by atoms with Crippen molar-refractivity contribution in [2.45, 2.75) is 38.5 Å². The van der Waals surface area contributed by atoms with E-state index in [4.69, 9.17) is 14.2 Å². The van der Waals surface area contributed by atoms with Crippen LogP contribution in [0.1, 0.15) is 49.7 Å². The molecule has 2 aliphatic rings. The van der Waals surface area contributed by atoms with Crippen LogP contribution in [0.15, 0.2) is 65.0 Å². The molecule has 0 amide bonds. The molecule has 0 saturated carbocycles. The minimum absolute atomic E-state index is 0.0107. The summed E-state index contributed by atoms with van der Waals surface area (Å²) in [6, 6.07) is 12.7. The molecule has 1 heterocycles. The maximum atomic E-state index is 13.6. The normalized spacial score (nSPS) is 19.9. The van der Waals surface area contributed by atoms with Gasteiger partial charge < -0.3 is 24.6 Å². The molecule has 0 aromatic heterocycles. The highest BCUT2D eigenvalue weighted by molar-refractivity contribution is 6.04. The first-order valence-corrected chi connectivity index (χ1v) is 11.3. The third-order valence-electron chi connectivity index (χ3n) is 6.45. The number of hydrogen-bond acceptors (Lipinski definition) is 7. The molecule has 178 valence electrons. The van der Waals surface area contributed by atoms with E-state index in [9.17, 15) is 14.7 Å². The van der Waals surface area contributed by atoms with Crippen LogP contribution in [0, 0.1) is 0 Å². The smallest absolute Gasteiger partial charge is 0.336 e. The molecule has 0 radical (unpaired) electrons. The van der Waals surface area contributed by atoms with Crippen LogP contribution in [0.3, 0.4) is 0 Å². The zero-order valence-electron chi connectivity index (χ0n) is 19.8. The maximum Gasteiger partial charge on any atom is 0.336 e. The van der Waals surface area contributed by atoms with Gasteiger partial charge in [0.1, 0.15) is 5.75 Å². The van der Waals surface area contributed by atoms with Gasteiger partial charge in [-0.15, -0.1) is 0 Å². The molecule has 34 heavy (non-hydrogen) atoms. The fraction of sp³-hybridized carbons (Fsp3) is 0.333. The van der Waals surface area contributed by atoms with Crippen LogP contribution in [-0.2, 0) is 14.3 Å². The topological polar surface area (TPSA) is 94.1 Å². The number of benzene rings is 2. The first-order valence-electron chi connectivity index (χ1n) is 11.3. The minimum atomic E-state index is -0.617. The van der Waals surface area contributed by atoms with Gasteiger partial charge in [-0.1, -0.05) is 18.2 Å². The van der Waals surface area contributed by atoms with Gasteiger partial charge in [0, 0.05) is 29.3 Å². The summed E-state index contributed by atoms with van der Waals surface area (Å²) in [5.74, 6) is -0.0747. The molecule has 2 atom stereocenters. The van der Waals surface area contributed by atoms with E-state index in [-0.39, 0.29) is 29.8 Å². The number of esters is 1. The van der Waals surface area contributed by atoms with Crippen molar-refractivity contribution in [2.75, 3.05) is 20.8 Å². The number of nitrogens with one attached hydrogen (secondary N) is 1. The molecular formula is C27H29NO6. The van der Waals surface area contributed by atoms with Gasteiger partial charge in [0.25, 0.3) is 0 Å². The number of ketones is 1. The largest absolute Gasteiger partial charge is 0.504 e. The van der Waals surface area contributed by atoms with Crippen molar-refractivity contribution in [1.29, 1.82) is 0 Å². The zero-order valence-corrected chi connectivity index (χ0v) is 19.8. The quantitative estimate of drug-likeness (QED) is 0.616. The van der Waals surface area contributed by atoms with E-state index in [0.717, 1.165) is 17.0 Å². The summed E-state index contributed by atoms with van der Waals surface area (Å²) in [6.45, 7) is 3.79. The lowest BCUT2D eigenvalue weighted by atomic mass is 9.71. The number of hydrogen-bond donors (Lipinski definition) is 2. The average Bonchev–Trinajstić information content (AvgIpc) is 2.83. The number of allylic oxidation sites excluding steroid dienone is 3. The second-order valence-electron chi connectivity index (χ2n) is 8.44. The van der Waals surface area contributed by atoms with E-state index in [2.05, 4.69) is 5.32 Å². The molecule has 2 aromatic carbocycles. The van der Waals surface area contributed by atoms with Crippen molar-refractivity contribution in [3.8, 4) is 17.2 Å². The highest BCUT2D eigenvalue weighted by atomic mass is 16.5. The highest BCUT2D eigenvalue weighted by Gasteiger charge is 2.41. The Morgan fingerprint density at radius 3 is 2.41 bits per heavy atom. The molecule has 0 bridgehead atoms. The number of carbonyl (C=O) groups excluding carboxylic acids is 2. The second kappa shape index (κ2) is 9.63. The Morgan fingerprint density at radius 1 is 1.06 bits per heavy atom. The van der Waals surface area contributed by atoms with Gasteiger partial charge in [-0.2, -0.15) is 0 Å². The molecule has 4 rings (SSSR count). The van der Waals surface area contributed by atoms with Gasteiger partial charge in [0.15, 0.2) is 17.3 Å². The molecule has 0 spiro atoms. The summed E-state index contributed by atoms with van der Waals surface area (Å²) in [5.41, 5.74) is 4.15. The summed E-state index contributed by atoms with van der Waals surface area (Å²) in [7, 11) is 3.08. The van der Waals surface area contributed by atoms with Gasteiger partial charge in [-0.05, 0) is 61.6 Å². The van der Waals surface area contributed by atoms with E-state index in [1.807, 2.05) is 31.2 Å². The number of Topliss-reactive ketones (excluding diaryl/α,β-unsaturated/α-hetero) is 1. The number of carbonyl (C=O) groups is 2. The number of phenolic OH excluding ortho intramolecular Hbond substituents is 1. The van der Waals surface area contributed by atoms with E-state index in [1.54, 1.807) is 26.2 Å². The van der Waals surface area contributed by atoms with Crippen molar-refractivity contribution >= 4 is 11.8 Å². The molecule has 7 heteroatoms. The Bertz CT molecular complexity index is 1180. The molecular weight excluding hydrogens is 434 g/mol. The van der Waals surface area contributed by atoms with E-state index < -0.39 is 11.9 Å². The number of ether oxygens (including phenoxy) is 3. The molecule has 1 aliphatic heterocycles. The SMILES string of the molecule is CCOC(=O)C1=C(C)NC2=C(C(=O)C[C@@H](c3ccc(OC)cc3)C2)[C@@H]1c1ccc(O)c(OC)c1. The predicted molar refractivity (Wildman–Crippen MR) is 127 cm³/mol. The van der Waals surface area contributed by atoms with Crippen molar-refractivity contribution in [2.24, 2.45) is 0 Å². The first kappa shape index (κ1) is 23.4. The van der Waals surface area contributed by atoms with Crippen molar-refractivity contribution in [1.82, 2.24) is 5.32 Å². The molecule has 2 N–H and O–H groups in total. The molecule has 0 unspecified atom stereocenters. The van der Waals surface area contributed by atoms with Crippen LogP contribution >= 0.6 is 0 Å². The number of rotatable bonds is 6. The van der Waals surface area contributed by atoms with Crippen LogP contribution in [0.25, 0.3) is 0 Å². The van der Waals surface area contributed by atoms with Crippen LogP contribution < -0.4 is 14.8 Å². The molecule has 1 aliphatic carbocycles. The van der Waals surface area contributed by atoms with Gasteiger partial charge in [0.2, 0.25) is 0 Å². The zero-order chi connectivity index (χ0) is 24.4. The number of methoxy groups -OCH3 is 2. The van der Waals surface area contributed by atoms with Crippen molar-refractivity contribution in [3.05, 3.63) is 76.1 Å². The lowest BCUT2D eigenvalue weighted by Gasteiger charge is -2.36. The third kappa shape index (κ3) is 4.25. The Morgan fingerprint density at radius 2 is 1.76 bits per heavy atom. The summed E-state index contributed by atoms with van der Waals surface area (Å²) in [4.78, 5) is 26.6. The van der Waals surface area contributed by atoms with Crippen LogP contribution in [0.4, 0.5) is 0 Å². The highest BCUT2D eigenvalue weighted by Crippen LogP contribution is 2.47. The van der Waals surface area contributed by atoms with E-state index in [0.29, 0.717) is 35.2 Å². The van der Waals surface area contributed by atoms with Gasteiger partial charge in [-0.3, -0.25) is 4.79 Å². The van der Waals surface area contributed by atoms with E-state index >= 15 is 0 Å². The lowest BCUT2D eigenvalue weighted by molar-refractivity contribution is -0.138. The number of aromatic hydroxyl groups is 1. The van der Waals surface area contributed by atoms with Gasteiger partial charge in [-0.25, -0.2) is 4.79 Å². The Labute approximate surface area is 199 Å². The summed E-state index contributed by atoms with van der Waals surface area (Å²) in [5, 5.41) is 13.4. The Kier molecular flexibility index (Phi) is 6.63. The van der Waals surface area contributed by atoms with Gasteiger partial charge in [0.05, 0.1) is 26.4 Å². The van der Waals surface area contributed by atoms with Crippen LogP contribution in [0.5, 0.6) is 17.2 Å². The molecule has 0 fully saturated rings. The summed E-state index contributed by atoms with van der Waals surface area (Å²) < 4.78 is 15.9. The number of dihydropyridines is 1. The molecule has 0 saturated heterocycles. The summed E-state index contributed by atoms with van der Waals surface area (Å²) >= 11 is 0. The average molecular weight is 464 g/mol. The standard InChI is InChI=1S/C27H29NO6/c1-5-34-27(31)24-15(2)28-20-12-18(16-6-9-19(32-3)10-7-16)13-22(30)26(20)25(24)17-8-11-21(29)23(14-17)33-4/h6-11,14,18,25,28-29H,5,12-13H2,1-4H3/t18-,25+/m0/s1. The maximum absolute atomic E-state index is 13.6. The fourth-order valence-electron chi connectivity index (χ4n) is 4.84. The van der Waals surface area contributed by atoms with E-state index in [1.165, 1.54) is 13.2 Å². The number of phenols is 1. The van der Waals surface area contributed by atoms with Crippen molar-refractivity contribution in [3.63, 3.8) is 0 Å². The summed E-state index contributed by atoms with van der Waals surface area (Å²) in [6.07, 6.45) is 0.959. The monoisotopic (exact) mass is 463 g/mol. The van der Waals surface area contributed by atoms with Gasteiger partial charge >= 0.3 is 5.97 Å². The minimum Gasteiger partial charge on any atom is -0.504 e. The Hall–Kier alpha value is -3.74. The second-order valence-corrected chi connectivity index (χ2v) is 8.44. The molecule has 2 aromatic rings.